The first-order valence-corrected chi connectivity index (χ1v) is 10.8. The molecule has 1 saturated heterocycles. The van der Waals surface area contributed by atoms with Crippen molar-refractivity contribution in [3.05, 3.63) is 54.2 Å². The Kier molecular flexibility index (Phi) is 9.93. The van der Waals surface area contributed by atoms with Gasteiger partial charge in [-0.2, -0.15) is 8.78 Å². The van der Waals surface area contributed by atoms with E-state index in [0.717, 1.165) is 25.1 Å². The average Bonchev–Trinajstić information content (AvgIpc) is 2.78. The van der Waals surface area contributed by atoms with E-state index >= 15 is 0 Å². The van der Waals surface area contributed by atoms with E-state index < -0.39 is 6.61 Å². The van der Waals surface area contributed by atoms with Gasteiger partial charge in [-0.05, 0) is 43.7 Å². The highest BCUT2D eigenvalue weighted by Crippen LogP contribution is 2.23. The number of benzene rings is 1. The quantitative estimate of drug-likeness (QED) is 0.446. The molecular formula is C24H31F2N5O2. The number of pyridine rings is 1. The number of allylic oxidation sites excluding steroid dienone is 1. The lowest BCUT2D eigenvalue weighted by Crippen LogP contribution is -2.45. The molecule has 3 rings (SSSR count). The highest BCUT2D eigenvalue weighted by Gasteiger charge is 2.23. The molecule has 2 aromatic rings. The number of hydrogen-bond donors (Lipinski definition) is 2. The van der Waals surface area contributed by atoms with E-state index in [1.165, 1.54) is 12.1 Å². The molecule has 0 spiro atoms. The maximum atomic E-state index is 12.3. The number of halogens is 2. The molecule has 178 valence electrons. The topological polar surface area (TPSA) is 96.8 Å². The van der Waals surface area contributed by atoms with Crippen LogP contribution in [0.1, 0.15) is 33.3 Å². The van der Waals surface area contributed by atoms with E-state index in [1.807, 2.05) is 33.8 Å². The molecule has 0 saturated carbocycles. The van der Waals surface area contributed by atoms with Gasteiger partial charge in [-0.3, -0.25) is 0 Å². The van der Waals surface area contributed by atoms with Gasteiger partial charge in [0.25, 0.3) is 0 Å². The van der Waals surface area contributed by atoms with Crippen LogP contribution in [0.3, 0.4) is 0 Å². The Morgan fingerprint density at radius 1 is 1.21 bits per heavy atom. The zero-order valence-electron chi connectivity index (χ0n) is 19.3. The Labute approximate surface area is 193 Å². The van der Waals surface area contributed by atoms with Crippen molar-refractivity contribution in [2.45, 2.75) is 46.5 Å². The predicted octanol–water partition coefficient (Wildman–Crippen LogP) is 5.04. The van der Waals surface area contributed by atoms with E-state index in [4.69, 9.17) is 15.9 Å². The van der Waals surface area contributed by atoms with Gasteiger partial charge >= 0.3 is 6.61 Å². The van der Waals surface area contributed by atoms with E-state index in [9.17, 15) is 8.78 Å². The van der Waals surface area contributed by atoms with Crippen molar-refractivity contribution in [3.8, 4) is 5.75 Å². The van der Waals surface area contributed by atoms with Crippen molar-refractivity contribution in [1.82, 2.24) is 4.98 Å². The van der Waals surface area contributed by atoms with Crippen molar-refractivity contribution in [2.75, 3.05) is 18.0 Å². The summed E-state index contributed by atoms with van der Waals surface area (Å²) in [5.74, 6) is 1.04. The standard InChI is InChI=1S/C22H25F2N5O2.C2H6/c1-14-12-29(13-15(2)30-14)21-10-18(7-8-27-21)28-20(26)9-17(11-25)16-3-5-19(6-4-16)31-22(23)24;1-2/h3-11,14-15,22,25H,12-13H2,1-2H3,(H2,26,27,28);1-2H3/b17-9+,25-11?;. The summed E-state index contributed by atoms with van der Waals surface area (Å²) in [7, 11) is 0. The minimum absolute atomic E-state index is 0.0424. The summed E-state index contributed by atoms with van der Waals surface area (Å²) in [6.07, 6.45) is 4.57. The largest absolute Gasteiger partial charge is 0.435 e. The Balaban J connectivity index is 0.00000187. The summed E-state index contributed by atoms with van der Waals surface area (Å²) < 4.78 is 34.7. The van der Waals surface area contributed by atoms with Crippen LogP contribution in [-0.4, -0.2) is 48.9 Å². The van der Waals surface area contributed by atoms with E-state index in [1.54, 1.807) is 30.5 Å². The molecule has 2 atom stereocenters. The monoisotopic (exact) mass is 459 g/mol. The second-order valence-corrected chi connectivity index (χ2v) is 7.22. The zero-order valence-corrected chi connectivity index (χ0v) is 19.3. The predicted molar refractivity (Wildman–Crippen MR) is 129 cm³/mol. The lowest BCUT2D eigenvalue weighted by atomic mass is 10.1. The molecule has 2 heterocycles. The van der Waals surface area contributed by atoms with Gasteiger partial charge < -0.3 is 25.5 Å². The molecule has 0 amide bonds. The van der Waals surface area contributed by atoms with Crippen LogP contribution in [0.2, 0.25) is 0 Å². The smallest absolute Gasteiger partial charge is 0.387 e. The summed E-state index contributed by atoms with van der Waals surface area (Å²) in [4.78, 5) is 11.0. The zero-order chi connectivity index (χ0) is 24.4. The Hall–Kier alpha value is -3.33. The first-order chi connectivity index (χ1) is 15.8. The highest BCUT2D eigenvalue weighted by molar-refractivity contribution is 6.16. The van der Waals surface area contributed by atoms with Crippen LogP contribution in [0.15, 0.2) is 53.7 Å². The Morgan fingerprint density at radius 3 is 2.42 bits per heavy atom. The fourth-order valence-corrected chi connectivity index (χ4v) is 3.39. The van der Waals surface area contributed by atoms with E-state index in [2.05, 4.69) is 19.6 Å². The van der Waals surface area contributed by atoms with Gasteiger partial charge in [-0.1, -0.05) is 26.0 Å². The number of aromatic nitrogens is 1. The van der Waals surface area contributed by atoms with Gasteiger partial charge in [0.2, 0.25) is 0 Å². The summed E-state index contributed by atoms with van der Waals surface area (Å²) in [5, 5.41) is 7.66. The van der Waals surface area contributed by atoms with Crippen molar-refractivity contribution in [1.29, 1.82) is 5.41 Å². The lowest BCUT2D eigenvalue weighted by molar-refractivity contribution is -0.0498. The van der Waals surface area contributed by atoms with Crippen LogP contribution in [0, 0.1) is 5.41 Å². The van der Waals surface area contributed by atoms with Gasteiger partial charge in [-0.25, -0.2) is 9.98 Å². The molecule has 1 aliphatic rings. The molecule has 0 radical (unpaired) electrons. The fraction of sp³-hybridized carbons (Fsp3) is 0.375. The van der Waals surface area contributed by atoms with Crippen LogP contribution in [0.25, 0.3) is 5.57 Å². The Morgan fingerprint density at radius 2 is 1.85 bits per heavy atom. The van der Waals surface area contributed by atoms with Crippen molar-refractivity contribution in [3.63, 3.8) is 0 Å². The molecule has 7 nitrogen and oxygen atoms in total. The fourth-order valence-electron chi connectivity index (χ4n) is 3.39. The maximum absolute atomic E-state index is 12.3. The summed E-state index contributed by atoms with van der Waals surface area (Å²) in [6.45, 7) is 6.64. The number of hydrogen-bond acceptors (Lipinski definition) is 6. The number of anilines is 1. The summed E-state index contributed by atoms with van der Waals surface area (Å²) in [5.41, 5.74) is 7.82. The van der Waals surface area contributed by atoms with Crippen LogP contribution in [0.5, 0.6) is 5.75 Å². The van der Waals surface area contributed by atoms with Crippen LogP contribution in [-0.2, 0) is 4.74 Å². The molecular weight excluding hydrogens is 428 g/mol. The molecule has 1 aliphatic heterocycles. The maximum Gasteiger partial charge on any atom is 0.387 e. The second-order valence-electron chi connectivity index (χ2n) is 7.22. The Bertz CT molecular complexity index is 954. The molecule has 0 bridgehead atoms. The normalized spacial score (nSPS) is 19.1. The third-order valence-corrected chi connectivity index (χ3v) is 4.60. The number of alkyl halides is 2. The van der Waals surface area contributed by atoms with Gasteiger partial charge in [0.15, 0.2) is 0 Å². The molecule has 1 aromatic carbocycles. The molecule has 9 heteroatoms. The van der Waals surface area contributed by atoms with Crippen molar-refractivity contribution in [2.24, 2.45) is 10.7 Å². The molecule has 2 unspecified atom stereocenters. The number of nitrogens with zero attached hydrogens (tertiary/aromatic N) is 3. The average molecular weight is 460 g/mol. The minimum atomic E-state index is -2.89. The highest BCUT2D eigenvalue weighted by atomic mass is 19.3. The van der Waals surface area contributed by atoms with Crippen LogP contribution >= 0.6 is 0 Å². The molecule has 1 fully saturated rings. The van der Waals surface area contributed by atoms with Gasteiger partial charge in [0, 0.05) is 37.1 Å². The third-order valence-electron chi connectivity index (χ3n) is 4.60. The van der Waals surface area contributed by atoms with Gasteiger partial charge in [-0.15, -0.1) is 0 Å². The molecule has 1 aromatic heterocycles. The lowest BCUT2D eigenvalue weighted by Gasteiger charge is -2.36. The minimum Gasteiger partial charge on any atom is -0.435 e. The van der Waals surface area contributed by atoms with E-state index in [0.29, 0.717) is 16.8 Å². The van der Waals surface area contributed by atoms with Gasteiger partial charge in [0.05, 0.1) is 17.9 Å². The van der Waals surface area contributed by atoms with Crippen molar-refractivity contribution < 1.29 is 18.3 Å². The number of nitrogens with one attached hydrogen (secondary N) is 1. The summed E-state index contributed by atoms with van der Waals surface area (Å²) in [6, 6.07) is 9.57. The molecule has 3 N–H and O–H groups in total. The van der Waals surface area contributed by atoms with Crippen LogP contribution in [0.4, 0.5) is 20.3 Å². The van der Waals surface area contributed by atoms with Crippen LogP contribution < -0.4 is 15.4 Å². The number of amidine groups is 1. The first kappa shape index (κ1) is 25.9. The third kappa shape index (κ3) is 7.94. The van der Waals surface area contributed by atoms with Crippen molar-refractivity contribution >= 4 is 29.1 Å². The number of rotatable bonds is 7. The van der Waals surface area contributed by atoms with Gasteiger partial charge in [0.1, 0.15) is 17.4 Å². The second kappa shape index (κ2) is 12.6. The number of ether oxygens (including phenoxy) is 2. The molecule has 0 aliphatic carbocycles. The molecule has 33 heavy (non-hydrogen) atoms. The SMILES string of the molecule is CC.CC1CN(c2cc(N=C(N)/C=C(\C=N)c3ccc(OC(F)F)cc3)ccn2)CC(C)O1. The van der Waals surface area contributed by atoms with E-state index in [-0.39, 0.29) is 23.8 Å². The number of nitrogens with two attached hydrogens (primary N) is 1. The number of morpholine rings is 1. The number of aliphatic imine (C=N–C) groups is 1. The first-order valence-electron chi connectivity index (χ1n) is 10.8. The summed E-state index contributed by atoms with van der Waals surface area (Å²) >= 11 is 0.